The fourth-order valence-corrected chi connectivity index (χ4v) is 3.31. The number of rotatable bonds is 5. The zero-order valence-corrected chi connectivity index (χ0v) is 14.9. The van der Waals surface area contributed by atoms with Crippen molar-refractivity contribution in [2.75, 3.05) is 13.1 Å². The summed E-state index contributed by atoms with van der Waals surface area (Å²) in [5.41, 5.74) is 8.64. The van der Waals surface area contributed by atoms with E-state index >= 15 is 0 Å². The Morgan fingerprint density at radius 2 is 1.92 bits per heavy atom. The molecule has 1 heterocycles. The van der Waals surface area contributed by atoms with Crippen molar-refractivity contribution in [3.63, 3.8) is 0 Å². The van der Waals surface area contributed by atoms with Gasteiger partial charge in [0.15, 0.2) is 0 Å². The SMILES string of the molecule is Cc1cc(OC2CCN(Cc3ccc(C#N)cc3)CC2)ccc1C(N)=O. The van der Waals surface area contributed by atoms with Gasteiger partial charge in [-0.25, -0.2) is 0 Å². The first kappa shape index (κ1) is 18.0. The van der Waals surface area contributed by atoms with Crippen molar-refractivity contribution in [3.8, 4) is 11.8 Å². The Balaban J connectivity index is 1.51. The van der Waals surface area contributed by atoms with Crippen molar-refractivity contribution < 1.29 is 9.53 Å². The highest BCUT2D eigenvalue weighted by Crippen LogP contribution is 2.22. The smallest absolute Gasteiger partial charge is 0.248 e. The number of hydrogen-bond acceptors (Lipinski definition) is 4. The number of carbonyl (C=O) groups excluding carboxylic acids is 1. The average Bonchev–Trinajstić information content (AvgIpc) is 2.64. The lowest BCUT2D eigenvalue weighted by Crippen LogP contribution is -2.37. The van der Waals surface area contributed by atoms with Crippen LogP contribution in [0.15, 0.2) is 42.5 Å². The number of piperidine rings is 1. The number of primary amides is 1. The number of benzene rings is 2. The van der Waals surface area contributed by atoms with E-state index in [0.717, 1.165) is 43.8 Å². The minimum atomic E-state index is -0.412. The van der Waals surface area contributed by atoms with E-state index in [1.165, 1.54) is 5.56 Å². The van der Waals surface area contributed by atoms with E-state index in [2.05, 4.69) is 11.0 Å². The number of nitrogens with two attached hydrogens (primary N) is 1. The van der Waals surface area contributed by atoms with Gasteiger partial charge in [0.05, 0.1) is 11.6 Å². The van der Waals surface area contributed by atoms with E-state index in [4.69, 9.17) is 15.7 Å². The second-order valence-electron chi connectivity index (χ2n) is 6.74. The third-order valence-corrected chi connectivity index (χ3v) is 4.79. The van der Waals surface area contributed by atoms with Gasteiger partial charge in [0.2, 0.25) is 5.91 Å². The topological polar surface area (TPSA) is 79.3 Å². The molecule has 0 spiro atoms. The fourth-order valence-electron chi connectivity index (χ4n) is 3.31. The van der Waals surface area contributed by atoms with Gasteiger partial charge in [-0.1, -0.05) is 12.1 Å². The molecule has 5 heteroatoms. The Morgan fingerprint density at radius 1 is 1.23 bits per heavy atom. The molecule has 0 saturated carbocycles. The zero-order chi connectivity index (χ0) is 18.5. The quantitative estimate of drug-likeness (QED) is 0.900. The lowest BCUT2D eigenvalue weighted by Gasteiger charge is -2.32. The maximum atomic E-state index is 11.3. The minimum Gasteiger partial charge on any atom is -0.490 e. The number of nitrogens with zero attached hydrogens (tertiary/aromatic N) is 2. The molecule has 0 bridgehead atoms. The Hall–Kier alpha value is -2.84. The largest absolute Gasteiger partial charge is 0.490 e. The summed E-state index contributed by atoms with van der Waals surface area (Å²) in [5, 5.41) is 8.86. The highest BCUT2D eigenvalue weighted by Gasteiger charge is 2.21. The van der Waals surface area contributed by atoms with Crippen molar-refractivity contribution in [2.24, 2.45) is 5.73 Å². The number of ether oxygens (including phenoxy) is 1. The van der Waals surface area contributed by atoms with Crippen LogP contribution in [0.25, 0.3) is 0 Å². The summed E-state index contributed by atoms with van der Waals surface area (Å²) < 4.78 is 6.08. The summed E-state index contributed by atoms with van der Waals surface area (Å²) >= 11 is 0. The van der Waals surface area contributed by atoms with E-state index in [-0.39, 0.29) is 6.10 Å². The lowest BCUT2D eigenvalue weighted by atomic mass is 10.1. The van der Waals surface area contributed by atoms with Crippen LogP contribution in [-0.2, 0) is 6.54 Å². The molecule has 0 radical (unpaired) electrons. The summed E-state index contributed by atoms with van der Waals surface area (Å²) in [6.45, 7) is 4.71. The van der Waals surface area contributed by atoms with E-state index in [0.29, 0.717) is 11.1 Å². The van der Waals surface area contributed by atoms with Crippen LogP contribution in [0.5, 0.6) is 5.75 Å². The van der Waals surface area contributed by atoms with Gasteiger partial charge in [-0.2, -0.15) is 5.26 Å². The van der Waals surface area contributed by atoms with E-state index in [1.54, 1.807) is 6.07 Å². The van der Waals surface area contributed by atoms with Gasteiger partial charge < -0.3 is 10.5 Å². The Morgan fingerprint density at radius 3 is 2.50 bits per heavy atom. The predicted molar refractivity (Wildman–Crippen MR) is 99.8 cm³/mol. The molecule has 3 rings (SSSR count). The number of nitriles is 1. The molecule has 1 amide bonds. The van der Waals surface area contributed by atoms with Crippen LogP contribution < -0.4 is 10.5 Å². The van der Waals surface area contributed by atoms with E-state index in [1.807, 2.05) is 43.3 Å². The number of aryl methyl sites for hydroxylation is 1. The molecule has 1 aliphatic rings. The molecule has 2 aromatic carbocycles. The Kier molecular flexibility index (Phi) is 5.55. The number of likely N-dealkylation sites (tertiary alicyclic amines) is 1. The van der Waals surface area contributed by atoms with Crippen molar-refractivity contribution in [2.45, 2.75) is 32.4 Å². The van der Waals surface area contributed by atoms with Crippen molar-refractivity contribution in [1.29, 1.82) is 5.26 Å². The Bertz CT molecular complexity index is 816. The first-order chi connectivity index (χ1) is 12.5. The first-order valence-electron chi connectivity index (χ1n) is 8.83. The molecular weight excluding hydrogens is 326 g/mol. The number of amides is 1. The van der Waals surface area contributed by atoms with Crippen LogP contribution in [0, 0.1) is 18.3 Å². The molecule has 2 aromatic rings. The molecule has 0 unspecified atom stereocenters. The third kappa shape index (κ3) is 4.41. The van der Waals surface area contributed by atoms with Gasteiger partial charge in [-0.05, 0) is 61.2 Å². The molecule has 1 fully saturated rings. The molecule has 1 aliphatic heterocycles. The normalized spacial score (nSPS) is 15.4. The third-order valence-electron chi connectivity index (χ3n) is 4.79. The zero-order valence-electron chi connectivity index (χ0n) is 14.9. The molecule has 2 N–H and O–H groups in total. The number of hydrogen-bond donors (Lipinski definition) is 1. The van der Waals surface area contributed by atoms with Crippen LogP contribution in [0.1, 0.15) is 39.9 Å². The molecular formula is C21H23N3O2. The first-order valence-corrected chi connectivity index (χ1v) is 8.83. The minimum absolute atomic E-state index is 0.186. The van der Waals surface area contributed by atoms with Crippen LogP contribution in [-0.4, -0.2) is 30.0 Å². The molecule has 0 aliphatic carbocycles. The molecule has 1 saturated heterocycles. The Labute approximate surface area is 154 Å². The van der Waals surface area contributed by atoms with Crippen LogP contribution in [0.3, 0.4) is 0 Å². The lowest BCUT2D eigenvalue weighted by molar-refractivity contribution is 0.0966. The second-order valence-corrected chi connectivity index (χ2v) is 6.74. The van der Waals surface area contributed by atoms with Gasteiger partial charge in [0, 0.05) is 25.2 Å². The molecule has 0 aromatic heterocycles. The second kappa shape index (κ2) is 8.03. The van der Waals surface area contributed by atoms with Gasteiger partial charge in [0.25, 0.3) is 0 Å². The maximum absolute atomic E-state index is 11.3. The van der Waals surface area contributed by atoms with Gasteiger partial charge in [0.1, 0.15) is 11.9 Å². The molecule has 134 valence electrons. The summed E-state index contributed by atoms with van der Waals surface area (Å²) in [6, 6.07) is 15.3. The summed E-state index contributed by atoms with van der Waals surface area (Å²) in [6.07, 6.45) is 2.12. The van der Waals surface area contributed by atoms with Crippen molar-refractivity contribution in [1.82, 2.24) is 4.90 Å². The highest BCUT2D eigenvalue weighted by atomic mass is 16.5. The highest BCUT2D eigenvalue weighted by molar-refractivity contribution is 5.94. The monoisotopic (exact) mass is 349 g/mol. The van der Waals surface area contributed by atoms with Gasteiger partial charge in [-0.15, -0.1) is 0 Å². The van der Waals surface area contributed by atoms with Crippen LogP contribution >= 0.6 is 0 Å². The van der Waals surface area contributed by atoms with Gasteiger partial charge in [-0.3, -0.25) is 9.69 Å². The standard InChI is InChI=1S/C21H23N3O2/c1-15-12-19(6-7-20(15)21(23)25)26-18-8-10-24(11-9-18)14-17-4-2-16(13-22)3-5-17/h2-7,12,18H,8-11,14H2,1H3,(H2,23,25). The van der Waals surface area contributed by atoms with Crippen LogP contribution in [0.4, 0.5) is 0 Å². The molecule has 26 heavy (non-hydrogen) atoms. The van der Waals surface area contributed by atoms with Crippen molar-refractivity contribution in [3.05, 3.63) is 64.7 Å². The van der Waals surface area contributed by atoms with E-state index in [9.17, 15) is 4.79 Å². The molecule has 0 atom stereocenters. The summed E-state index contributed by atoms with van der Waals surface area (Å²) in [7, 11) is 0. The van der Waals surface area contributed by atoms with Crippen molar-refractivity contribution >= 4 is 5.91 Å². The summed E-state index contributed by atoms with van der Waals surface area (Å²) in [4.78, 5) is 13.7. The summed E-state index contributed by atoms with van der Waals surface area (Å²) in [5.74, 6) is 0.378. The number of carbonyl (C=O) groups is 1. The predicted octanol–water partition coefficient (Wildman–Crippen LogP) is 3.01. The fraction of sp³-hybridized carbons (Fsp3) is 0.333. The molecule has 5 nitrogen and oxygen atoms in total. The maximum Gasteiger partial charge on any atom is 0.248 e. The van der Waals surface area contributed by atoms with Gasteiger partial charge >= 0.3 is 0 Å². The average molecular weight is 349 g/mol. The van der Waals surface area contributed by atoms with E-state index < -0.39 is 5.91 Å². The van der Waals surface area contributed by atoms with Crippen LogP contribution in [0.2, 0.25) is 0 Å².